The molecule has 9 nitrogen and oxygen atoms in total. The Morgan fingerprint density at radius 2 is 1.03 bits per heavy atom. The van der Waals surface area contributed by atoms with Crippen molar-refractivity contribution in [2.24, 2.45) is 46.3 Å². The number of fused-ring (bicyclic) bond motifs is 5. The quantitative estimate of drug-likeness (QED) is 0.0625. The van der Waals surface area contributed by atoms with Crippen LogP contribution in [0.4, 0.5) is 0 Å². The molecule has 78 heavy (non-hydrogen) atoms. The highest BCUT2D eigenvalue weighted by atomic mass is 35.5. The number of esters is 2. The van der Waals surface area contributed by atoms with Gasteiger partial charge in [-0.25, -0.2) is 9.59 Å². The summed E-state index contributed by atoms with van der Waals surface area (Å²) in [5.41, 5.74) is 2.52. The van der Waals surface area contributed by atoms with Crippen molar-refractivity contribution in [1.82, 2.24) is 0 Å². The van der Waals surface area contributed by atoms with Gasteiger partial charge in [-0.2, -0.15) is 0 Å². The fourth-order valence-electron chi connectivity index (χ4n) is 12.9. The number of aliphatic hydroxyl groups excluding tert-OH is 1. The normalized spacial score (nSPS) is 23.9. The summed E-state index contributed by atoms with van der Waals surface area (Å²) in [6.07, 6.45) is 16.7. The van der Waals surface area contributed by atoms with Gasteiger partial charge in [0, 0.05) is 32.3 Å². The number of aliphatic hydroxyl groups is 1. The first kappa shape index (κ1) is 62.2. The smallest absolute Gasteiger partial charge is 0.350 e. The Hall–Kier alpha value is -4.96. The van der Waals surface area contributed by atoms with Gasteiger partial charge in [0.15, 0.2) is 22.8 Å². The van der Waals surface area contributed by atoms with E-state index in [1.807, 2.05) is 0 Å². The van der Waals surface area contributed by atoms with Crippen molar-refractivity contribution < 1.29 is 43.2 Å². The highest BCUT2D eigenvalue weighted by Crippen LogP contribution is 2.67. The Balaban J connectivity index is 0.000000190. The van der Waals surface area contributed by atoms with Crippen molar-refractivity contribution in [3.8, 4) is 11.5 Å². The highest BCUT2D eigenvalue weighted by Gasteiger charge is 2.59. The van der Waals surface area contributed by atoms with Crippen molar-refractivity contribution in [3.05, 3.63) is 141 Å². The number of hydrogen-bond donors (Lipinski definition) is 1. The molecule has 0 heterocycles. The van der Waals surface area contributed by atoms with Crippen LogP contribution in [-0.2, 0) is 19.1 Å². The summed E-state index contributed by atoms with van der Waals surface area (Å²) in [4.78, 5) is 49.0. The van der Waals surface area contributed by atoms with E-state index in [9.17, 15) is 24.3 Å². The first-order valence-corrected chi connectivity index (χ1v) is 29.4. The van der Waals surface area contributed by atoms with Crippen LogP contribution >= 0.6 is 23.2 Å². The van der Waals surface area contributed by atoms with Gasteiger partial charge in [0.05, 0.1) is 18.3 Å². The number of allylic oxidation sites excluding steroid dienone is 1. The fraction of sp³-hybridized carbons (Fsp3) is 0.552. The topological polar surface area (TPSA) is 125 Å². The van der Waals surface area contributed by atoms with Crippen molar-refractivity contribution in [1.29, 1.82) is 0 Å². The predicted molar refractivity (Wildman–Crippen MR) is 314 cm³/mol. The molecule has 1 N–H and O–H groups in total. The van der Waals surface area contributed by atoms with E-state index in [-0.39, 0.29) is 29.9 Å². The van der Waals surface area contributed by atoms with Crippen LogP contribution in [0, 0.1) is 46.3 Å². The number of benzene rings is 4. The van der Waals surface area contributed by atoms with E-state index in [0.29, 0.717) is 54.6 Å². The number of halogens is 2. The summed E-state index contributed by atoms with van der Waals surface area (Å²) in [6.45, 7) is 26.3. The Kier molecular flexibility index (Phi) is 21.2. The molecule has 3 fully saturated rings. The maximum atomic E-state index is 12.4. The first-order valence-electron chi connectivity index (χ1n) is 28.6. The molecule has 3 saturated carbocycles. The number of rotatable bonds is 17. The second kappa shape index (κ2) is 26.5. The van der Waals surface area contributed by atoms with E-state index >= 15 is 0 Å². The van der Waals surface area contributed by atoms with Gasteiger partial charge in [0.25, 0.3) is 0 Å². The van der Waals surface area contributed by atoms with Gasteiger partial charge >= 0.3 is 11.9 Å². The Morgan fingerprint density at radius 1 is 0.590 bits per heavy atom. The molecular formula is C67H88Cl2O9. The fourth-order valence-corrected chi connectivity index (χ4v) is 13.2. The molecule has 4 aliphatic rings. The monoisotopic (exact) mass is 1110 g/mol. The molecule has 0 unspecified atom stereocenters. The summed E-state index contributed by atoms with van der Waals surface area (Å²) in [5, 5.41) is 11.4. The number of ether oxygens (including phenoxy) is 4. The molecule has 8 atom stereocenters. The van der Waals surface area contributed by atoms with Gasteiger partial charge in [0.1, 0.15) is 11.5 Å². The van der Waals surface area contributed by atoms with Crippen LogP contribution in [0.15, 0.2) is 109 Å². The molecule has 11 heteroatoms. The summed E-state index contributed by atoms with van der Waals surface area (Å²) in [5.74, 6) is 5.33. The van der Waals surface area contributed by atoms with E-state index < -0.39 is 23.1 Å². The molecule has 0 amide bonds. The van der Waals surface area contributed by atoms with Crippen LogP contribution in [0.2, 0.25) is 10.0 Å². The van der Waals surface area contributed by atoms with Crippen LogP contribution < -0.4 is 9.47 Å². The number of hydrogen-bond acceptors (Lipinski definition) is 9. The molecule has 0 spiro atoms. The zero-order valence-corrected chi connectivity index (χ0v) is 50.3. The number of carbonyl (C=O) groups is 4. The van der Waals surface area contributed by atoms with Crippen LogP contribution in [0.1, 0.15) is 192 Å². The lowest BCUT2D eigenvalue weighted by atomic mass is 9.47. The van der Waals surface area contributed by atoms with Crippen molar-refractivity contribution >= 4 is 46.7 Å². The lowest BCUT2D eigenvalue weighted by Crippen LogP contribution is -2.50. The van der Waals surface area contributed by atoms with Gasteiger partial charge in [-0.05, 0) is 250 Å². The van der Waals surface area contributed by atoms with Crippen LogP contribution in [0.3, 0.4) is 0 Å². The molecule has 4 aliphatic carbocycles. The van der Waals surface area contributed by atoms with E-state index in [2.05, 4.69) is 40.7 Å². The third kappa shape index (κ3) is 15.7. The minimum atomic E-state index is -1.12. The van der Waals surface area contributed by atoms with Crippen LogP contribution in [-0.4, -0.2) is 58.1 Å². The second-order valence-corrected chi connectivity index (χ2v) is 25.9. The third-order valence-corrected chi connectivity index (χ3v) is 17.6. The molecule has 0 aliphatic heterocycles. The van der Waals surface area contributed by atoms with E-state index in [0.717, 1.165) is 48.3 Å². The molecule has 8 rings (SSSR count). The minimum Gasteiger partial charge on any atom is -0.476 e. The van der Waals surface area contributed by atoms with Crippen molar-refractivity contribution in [2.75, 3.05) is 0 Å². The maximum absolute atomic E-state index is 12.4. The minimum absolute atomic E-state index is 0.0766. The Bertz CT molecular complexity index is 2540. The van der Waals surface area contributed by atoms with Crippen LogP contribution in [0.25, 0.3) is 0 Å². The average molecular weight is 1110 g/mol. The second-order valence-electron chi connectivity index (χ2n) is 25.0. The molecule has 4 aromatic rings. The summed E-state index contributed by atoms with van der Waals surface area (Å²) in [6, 6.07) is 26.7. The molecule has 0 bridgehead atoms. The van der Waals surface area contributed by atoms with Gasteiger partial charge in [-0.3, -0.25) is 9.59 Å². The lowest BCUT2D eigenvalue weighted by Gasteiger charge is -2.58. The van der Waals surface area contributed by atoms with Gasteiger partial charge < -0.3 is 24.1 Å². The average Bonchev–Trinajstić information content (AvgIpc) is 3.97. The first-order chi connectivity index (χ1) is 36.6. The molecule has 424 valence electrons. The Labute approximate surface area is 476 Å². The van der Waals surface area contributed by atoms with Crippen molar-refractivity contribution in [2.45, 2.75) is 190 Å². The molecule has 0 saturated heterocycles. The van der Waals surface area contributed by atoms with Gasteiger partial charge in [-0.15, -0.1) is 0 Å². The molecule has 0 radical (unpaired) electrons. The van der Waals surface area contributed by atoms with E-state index in [1.165, 1.54) is 57.8 Å². The van der Waals surface area contributed by atoms with Crippen molar-refractivity contribution in [3.63, 3.8) is 0 Å². The maximum Gasteiger partial charge on any atom is 0.350 e. The van der Waals surface area contributed by atoms with Gasteiger partial charge in [0.2, 0.25) is 0 Å². The zero-order valence-electron chi connectivity index (χ0n) is 48.8. The highest BCUT2D eigenvalue weighted by molar-refractivity contribution is 6.31. The molecule has 0 aromatic heterocycles. The Morgan fingerprint density at radius 3 is 1.45 bits per heavy atom. The lowest BCUT2D eigenvalue weighted by molar-refractivity contribution is -0.163. The molecular weight excluding hydrogens is 1020 g/mol. The SMILES string of the molecule is CC(C)CCC[C@@H](C)[C@H]1CC[C@H]2[C@@H]3CC=C4C[C@@H](O)CC[C@]4(C)[C@H]3CC[C@]12C.CC(C)OC(=O)C(C)(C)Oc1ccc(C(=O)c2ccc(Cl)cc2)cc1.CC(C)OC(=O)C(C)(C)Oc1ccc(C(=O)c2ccc(Cl)cc2)cc1. The third-order valence-electron chi connectivity index (χ3n) is 17.1. The number of ketones is 2. The van der Waals surface area contributed by atoms with Gasteiger partial charge in [-0.1, -0.05) is 88.7 Å². The summed E-state index contributed by atoms with van der Waals surface area (Å²) >= 11 is 11.7. The van der Waals surface area contributed by atoms with E-state index in [1.54, 1.807) is 158 Å². The van der Waals surface area contributed by atoms with Crippen LogP contribution in [0.5, 0.6) is 11.5 Å². The largest absolute Gasteiger partial charge is 0.476 e. The number of carbonyl (C=O) groups excluding carboxylic acids is 4. The summed E-state index contributed by atoms with van der Waals surface area (Å²) < 4.78 is 21.8. The standard InChI is InChI=1S/C27H46O.2C20H21ClO4/c1-18(2)7-6-8-19(3)23-11-12-24-22-10-9-20-17-21(28)13-15-26(20,4)25(22)14-16-27(23,24)5;2*1-13(2)24-19(23)20(3,4)25-17-11-7-15(8-12-17)18(22)14-5-9-16(21)10-6-14/h9,18-19,21-25,28H,6-8,10-17H2,1-5H3;2*5-13H,1-4H3/t19-,21+,22+,23-,24+,25+,26+,27-;;/m1../s1. The zero-order chi connectivity index (χ0) is 57.3. The predicted octanol–water partition coefficient (Wildman–Crippen LogP) is 16.7. The molecule has 4 aromatic carbocycles. The van der Waals surface area contributed by atoms with E-state index in [4.69, 9.17) is 42.1 Å². The summed E-state index contributed by atoms with van der Waals surface area (Å²) in [7, 11) is 0.